The van der Waals surface area contributed by atoms with Crippen LogP contribution in [0.3, 0.4) is 0 Å². The molecule has 1 saturated heterocycles. The Labute approximate surface area is 141 Å². The Morgan fingerprint density at radius 2 is 2.29 bits per heavy atom. The van der Waals surface area contributed by atoms with Crippen LogP contribution >= 0.6 is 0 Å². The van der Waals surface area contributed by atoms with E-state index in [4.69, 9.17) is 4.42 Å². The predicted molar refractivity (Wildman–Crippen MR) is 90.5 cm³/mol. The highest BCUT2D eigenvalue weighted by atomic mass is 16.3. The van der Waals surface area contributed by atoms with E-state index in [-0.39, 0.29) is 11.8 Å². The number of hydrogen-bond acceptors (Lipinski definition) is 4. The topological polar surface area (TPSA) is 63.3 Å². The molecule has 24 heavy (non-hydrogen) atoms. The molecular weight excluding hydrogens is 304 g/mol. The molecule has 0 bridgehead atoms. The predicted octanol–water partition coefficient (Wildman–Crippen LogP) is 2.66. The third-order valence-electron chi connectivity index (χ3n) is 5.06. The smallest absolute Gasteiger partial charge is 0.229 e. The fraction of sp³-hybridized carbons (Fsp3) is 0.556. The van der Waals surface area contributed by atoms with Gasteiger partial charge in [0.15, 0.2) is 0 Å². The second-order valence-corrected chi connectivity index (χ2v) is 6.81. The van der Waals surface area contributed by atoms with Gasteiger partial charge in [0.2, 0.25) is 5.91 Å². The van der Waals surface area contributed by atoms with Crippen LogP contribution in [0.5, 0.6) is 0 Å². The molecule has 128 valence electrons. The van der Waals surface area contributed by atoms with Gasteiger partial charge in [-0.05, 0) is 44.4 Å². The van der Waals surface area contributed by atoms with Crippen molar-refractivity contribution in [3.05, 3.63) is 36.2 Å². The molecule has 1 fully saturated rings. The van der Waals surface area contributed by atoms with Gasteiger partial charge >= 0.3 is 0 Å². The molecule has 2 aliphatic heterocycles. The molecule has 2 aromatic rings. The number of nitrogens with one attached hydrogen (secondary N) is 1. The average Bonchev–Trinajstić information content (AvgIpc) is 3.25. The lowest BCUT2D eigenvalue weighted by atomic mass is 9.97. The van der Waals surface area contributed by atoms with Crippen LogP contribution in [0, 0.1) is 5.92 Å². The van der Waals surface area contributed by atoms with Gasteiger partial charge < -0.3 is 14.3 Å². The highest BCUT2D eigenvalue weighted by Crippen LogP contribution is 2.23. The Hall–Kier alpha value is -2.08. The minimum absolute atomic E-state index is 0.0310. The average molecular weight is 328 g/mol. The van der Waals surface area contributed by atoms with E-state index < -0.39 is 0 Å². The van der Waals surface area contributed by atoms with Crippen LogP contribution in [-0.4, -0.2) is 33.4 Å². The normalized spacial score (nSPS) is 21.4. The molecule has 4 heterocycles. The van der Waals surface area contributed by atoms with E-state index >= 15 is 0 Å². The molecule has 0 aliphatic carbocycles. The summed E-state index contributed by atoms with van der Waals surface area (Å²) in [4.78, 5) is 19.4. The molecule has 1 atom stereocenters. The number of aromatic nitrogens is 2. The maximum atomic E-state index is 12.7. The number of rotatable bonds is 4. The van der Waals surface area contributed by atoms with E-state index in [9.17, 15) is 4.79 Å². The van der Waals surface area contributed by atoms with Crippen molar-refractivity contribution in [3.63, 3.8) is 0 Å². The molecule has 0 aromatic carbocycles. The van der Waals surface area contributed by atoms with Crippen molar-refractivity contribution in [3.8, 4) is 0 Å². The van der Waals surface area contributed by atoms with Crippen molar-refractivity contribution in [2.75, 3.05) is 18.4 Å². The van der Waals surface area contributed by atoms with Crippen LogP contribution in [0.2, 0.25) is 0 Å². The number of carbonyl (C=O) groups excluding carboxylic acids is 1. The van der Waals surface area contributed by atoms with E-state index in [2.05, 4.69) is 19.8 Å². The Balaban J connectivity index is 1.38. The van der Waals surface area contributed by atoms with Crippen LogP contribution in [0.25, 0.3) is 0 Å². The van der Waals surface area contributed by atoms with E-state index in [1.807, 2.05) is 18.3 Å². The van der Waals surface area contributed by atoms with Crippen molar-refractivity contribution in [2.45, 2.75) is 45.2 Å². The Morgan fingerprint density at radius 1 is 1.33 bits per heavy atom. The van der Waals surface area contributed by atoms with Gasteiger partial charge in [0.1, 0.15) is 17.4 Å². The summed E-state index contributed by atoms with van der Waals surface area (Å²) in [7, 11) is 0. The van der Waals surface area contributed by atoms with Gasteiger partial charge in [-0.1, -0.05) is 0 Å². The van der Waals surface area contributed by atoms with Gasteiger partial charge in [0.25, 0.3) is 0 Å². The number of imidazole rings is 1. The van der Waals surface area contributed by atoms with E-state index in [1.54, 1.807) is 6.26 Å². The summed E-state index contributed by atoms with van der Waals surface area (Å²) in [5, 5.41) is 3.11. The molecule has 6 heteroatoms. The molecule has 0 saturated carbocycles. The number of likely N-dealkylation sites (tertiary alicyclic amines) is 1. The van der Waals surface area contributed by atoms with Crippen molar-refractivity contribution < 1.29 is 9.21 Å². The number of piperidine rings is 1. The maximum absolute atomic E-state index is 12.7. The molecule has 0 spiro atoms. The first-order valence-electron chi connectivity index (χ1n) is 8.89. The number of amides is 1. The summed E-state index contributed by atoms with van der Waals surface area (Å²) < 4.78 is 7.58. The summed E-state index contributed by atoms with van der Waals surface area (Å²) in [6, 6.07) is 3.90. The maximum Gasteiger partial charge on any atom is 0.229 e. The van der Waals surface area contributed by atoms with Crippen molar-refractivity contribution in [2.24, 2.45) is 5.92 Å². The van der Waals surface area contributed by atoms with Gasteiger partial charge in [0, 0.05) is 19.5 Å². The van der Waals surface area contributed by atoms with Crippen LogP contribution in [0.1, 0.15) is 37.3 Å². The monoisotopic (exact) mass is 328 g/mol. The quantitative estimate of drug-likeness (QED) is 0.937. The molecule has 0 unspecified atom stereocenters. The van der Waals surface area contributed by atoms with Crippen LogP contribution in [0.15, 0.2) is 29.0 Å². The van der Waals surface area contributed by atoms with E-state index in [0.717, 1.165) is 69.3 Å². The second kappa shape index (κ2) is 6.81. The highest BCUT2D eigenvalue weighted by molar-refractivity contribution is 5.92. The zero-order valence-electron chi connectivity index (χ0n) is 13.9. The molecule has 2 aliphatic rings. The third-order valence-corrected chi connectivity index (χ3v) is 5.06. The molecule has 1 N–H and O–H groups in total. The van der Waals surface area contributed by atoms with E-state index in [0.29, 0.717) is 0 Å². The van der Waals surface area contributed by atoms with E-state index in [1.165, 1.54) is 6.42 Å². The largest absolute Gasteiger partial charge is 0.468 e. The lowest BCUT2D eigenvalue weighted by Gasteiger charge is -2.31. The van der Waals surface area contributed by atoms with Crippen molar-refractivity contribution in [1.82, 2.24) is 14.5 Å². The third kappa shape index (κ3) is 3.24. The molecule has 6 nitrogen and oxygen atoms in total. The van der Waals surface area contributed by atoms with Crippen LogP contribution < -0.4 is 5.32 Å². The number of carbonyl (C=O) groups is 1. The zero-order valence-corrected chi connectivity index (χ0v) is 13.9. The molecule has 1 amide bonds. The number of aryl methyl sites for hydroxylation is 1. The number of fused-ring (bicyclic) bond motifs is 1. The number of nitrogens with zero attached hydrogens (tertiary/aromatic N) is 3. The summed E-state index contributed by atoms with van der Waals surface area (Å²) in [6.45, 7) is 3.54. The summed E-state index contributed by atoms with van der Waals surface area (Å²) in [5.41, 5.74) is 0. The van der Waals surface area contributed by atoms with Gasteiger partial charge in [-0.3, -0.25) is 9.69 Å². The number of furan rings is 1. The zero-order chi connectivity index (χ0) is 16.4. The number of hydrogen-bond donors (Lipinski definition) is 1. The molecular formula is C18H24N4O2. The first-order valence-corrected chi connectivity index (χ1v) is 8.89. The van der Waals surface area contributed by atoms with Gasteiger partial charge in [-0.15, -0.1) is 0 Å². The summed E-state index contributed by atoms with van der Waals surface area (Å²) >= 11 is 0. The SMILES string of the molecule is O=C(Nc1cnc2n1CCCC2)[C@H]1CCCN(Cc2ccco2)C1. The summed E-state index contributed by atoms with van der Waals surface area (Å²) in [5.74, 6) is 3.06. The summed E-state index contributed by atoms with van der Waals surface area (Å²) in [6.07, 6.45) is 8.86. The second-order valence-electron chi connectivity index (χ2n) is 6.81. The van der Waals surface area contributed by atoms with Gasteiger partial charge in [0.05, 0.1) is 24.9 Å². The van der Waals surface area contributed by atoms with Crippen LogP contribution in [0.4, 0.5) is 5.82 Å². The fourth-order valence-corrected chi connectivity index (χ4v) is 3.78. The Bertz CT molecular complexity index is 692. The van der Waals surface area contributed by atoms with Gasteiger partial charge in [-0.25, -0.2) is 4.98 Å². The van der Waals surface area contributed by atoms with Crippen molar-refractivity contribution in [1.29, 1.82) is 0 Å². The standard InChI is InChI=1S/C18H24N4O2/c23-18(20-17-11-19-16-7-1-2-9-22(16)17)14-5-3-8-21(12-14)13-15-6-4-10-24-15/h4,6,10-11,14H,1-3,5,7-9,12-13H2,(H,20,23)/t14-/m0/s1. The molecule has 4 rings (SSSR count). The lowest BCUT2D eigenvalue weighted by molar-refractivity contribution is -0.121. The minimum atomic E-state index is 0.0310. The molecule has 0 radical (unpaired) electrons. The van der Waals surface area contributed by atoms with Crippen molar-refractivity contribution >= 4 is 11.7 Å². The lowest BCUT2D eigenvalue weighted by Crippen LogP contribution is -2.40. The molecule has 2 aromatic heterocycles. The Morgan fingerprint density at radius 3 is 3.17 bits per heavy atom. The fourth-order valence-electron chi connectivity index (χ4n) is 3.78. The highest BCUT2D eigenvalue weighted by Gasteiger charge is 2.27. The first kappa shape index (κ1) is 15.4. The first-order chi connectivity index (χ1) is 11.8. The minimum Gasteiger partial charge on any atom is -0.468 e. The number of anilines is 1. The Kier molecular flexibility index (Phi) is 4.38. The van der Waals surface area contributed by atoms with Crippen LogP contribution in [-0.2, 0) is 24.3 Å². The van der Waals surface area contributed by atoms with Gasteiger partial charge in [-0.2, -0.15) is 0 Å².